The van der Waals surface area contributed by atoms with Crippen molar-refractivity contribution in [1.82, 2.24) is 16.0 Å². The van der Waals surface area contributed by atoms with Gasteiger partial charge in [0.1, 0.15) is 116 Å². The quantitative estimate of drug-likeness (QED) is 0.0201. The molecule has 18 unspecified atom stereocenters. The van der Waals surface area contributed by atoms with Crippen molar-refractivity contribution in [1.29, 1.82) is 0 Å². The number of guanidine groups is 3. The summed E-state index contributed by atoms with van der Waals surface area (Å²) in [6.07, 6.45) is -48.3. The Balaban J connectivity index is 0.000000251. The van der Waals surface area contributed by atoms with Crippen molar-refractivity contribution >= 4 is 35.2 Å². The second-order valence-corrected chi connectivity index (χ2v) is 36.3. The van der Waals surface area contributed by atoms with Gasteiger partial charge < -0.3 is 246 Å². The van der Waals surface area contributed by atoms with E-state index in [0.717, 1.165) is 25.9 Å². The van der Waals surface area contributed by atoms with E-state index >= 15 is 13.2 Å². The molecule has 56 heteroatoms. The van der Waals surface area contributed by atoms with Crippen LogP contribution in [-0.2, 0) is 71.2 Å². The van der Waals surface area contributed by atoms with Crippen LogP contribution in [0.3, 0.4) is 0 Å². The van der Waals surface area contributed by atoms with E-state index in [0.29, 0.717) is 13.1 Å². The third kappa shape index (κ3) is 30.3. The number of ketones is 3. The van der Waals surface area contributed by atoms with Gasteiger partial charge in [0.05, 0.1) is 92.8 Å². The van der Waals surface area contributed by atoms with Crippen LogP contribution >= 0.6 is 0 Å². The molecule has 7 aliphatic heterocycles. The second-order valence-electron chi connectivity index (χ2n) is 36.3. The molecular weight excluding hydrogens is 1820 g/mol. The fraction of sp³-hybridized carbons (Fsp3) is 0.925. The number of rotatable bonds is 39. The molecule has 3 saturated carbocycles. The minimum atomic E-state index is -2.15. The van der Waals surface area contributed by atoms with Crippen LogP contribution in [0, 0.1) is 23.7 Å². The zero-order valence-electron chi connectivity index (χ0n) is 76.0. The number of nitrogens with one attached hydrogen (secondary N) is 3. The molecule has 7 saturated heterocycles. The number of hydrogen-bond acceptors (Lipinski definition) is 47. The van der Waals surface area contributed by atoms with Gasteiger partial charge in [0, 0.05) is 70.1 Å². The van der Waals surface area contributed by atoms with Gasteiger partial charge in [-0.25, -0.2) is 18.2 Å². The maximum atomic E-state index is 16.7. The number of aliphatic hydroxyl groups excluding tert-OH is 16. The van der Waals surface area contributed by atoms with Crippen molar-refractivity contribution in [2.75, 3.05) is 85.3 Å². The van der Waals surface area contributed by atoms with Crippen LogP contribution in [0.1, 0.15) is 90.4 Å². The Morgan fingerprint density at radius 1 is 0.426 bits per heavy atom. The summed E-state index contributed by atoms with van der Waals surface area (Å²) in [6, 6.07) is -9.99. The normalized spacial score (nSPS) is 43.3. The number of aliphatic imine (C=N–C) groups is 3. The largest absolute Gasteiger partial charge is 0.394 e. The number of nitrogens with two attached hydrogens (primary N) is 16. The highest BCUT2D eigenvalue weighted by Crippen LogP contribution is 2.43. The Morgan fingerprint density at radius 3 is 1.12 bits per heavy atom. The van der Waals surface area contributed by atoms with Gasteiger partial charge in [-0.2, -0.15) is 0 Å². The Kier molecular flexibility index (Phi) is 47.1. The standard InChI is InChI=1S/C30H57FN8O10.C26H50FN7O10.C24H46FN7O11/c31-22-26(48-29-25(45)23(24(44)21(12-40)47-29)39-30(36)38-11-13-2-1-5-37-10-13)14(7-18(42)17(41)3-4-32)6-15(34)27(22)49-28-16(35)8-19(43)20(9-33)46-28;1-2-33-26(32)34-19-20(39)17(9-35)42-25(21(19)40)43-22-10(6-14(37)13(36)3-4-28)5-11(30)23(18(22)27)44-24-12(31)7-15(38)16(8-29)41-24;25-13-20(42-23-19(39)15(32-24(30)31)16(36)12(6-33)41-23)7(4-10(35)9(34)1-2-26)3-8(28)21(13)43-22-14(29)18(38)17(37)11(5-27)40-22/h13-17,19-29,37,40-41,43-45H,1-12,32-35H2,(H3,36,38,39);10-13,15-25,35-36,38-40H,2-9,28-31H2,1H3,(H3,32,33,34);7-9,11-23,33-34,36-39H,1-6,26-29H2,(H4,30,31,32)/t13-,14-,15?,16?,17-,19-,20?,21+,22+,23?,24+,25+,26?,27+,28+,29?;10-,11?,12?,13-,15-,16?,17+,18+,19?,20+,21+,22?,23+,24+,25?;7-,8?,9-,11?,12+,13+,14?,15?,16+,17+,18+,19+,20?,21+,22+,23?/m000/s1. The van der Waals surface area contributed by atoms with Crippen molar-refractivity contribution in [2.24, 2.45) is 130 Å². The molecule has 47 atom stereocenters. The predicted molar refractivity (Wildman–Crippen MR) is 471 cm³/mol. The maximum absolute atomic E-state index is 16.7. The van der Waals surface area contributed by atoms with Gasteiger partial charge in [0.15, 0.2) is 91.5 Å². The summed E-state index contributed by atoms with van der Waals surface area (Å²) in [5, 5.41) is 176. The van der Waals surface area contributed by atoms with E-state index < -0.39 is 331 Å². The van der Waals surface area contributed by atoms with Crippen molar-refractivity contribution < 1.29 is 166 Å². The molecule has 0 radical (unpaired) electrons. The zero-order valence-corrected chi connectivity index (χ0v) is 76.0. The number of nitrogens with zero attached hydrogens (tertiary/aromatic N) is 3. The van der Waals surface area contributed by atoms with Crippen molar-refractivity contribution in [3.8, 4) is 0 Å². The van der Waals surface area contributed by atoms with Crippen LogP contribution in [-0.4, -0.2) is 465 Å². The van der Waals surface area contributed by atoms with E-state index in [1.54, 1.807) is 6.92 Å². The summed E-state index contributed by atoms with van der Waals surface area (Å²) in [6.45, 7) is 1.84. The molecule has 0 aromatic rings. The fourth-order valence-corrected chi connectivity index (χ4v) is 18.6. The van der Waals surface area contributed by atoms with Gasteiger partial charge in [-0.15, -0.1) is 0 Å². The molecule has 790 valence electrons. The first-order valence-electron chi connectivity index (χ1n) is 46.2. The van der Waals surface area contributed by atoms with Crippen molar-refractivity contribution in [2.45, 2.75) is 354 Å². The first-order valence-corrected chi connectivity index (χ1v) is 46.2. The molecule has 3 aliphatic carbocycles. The molecular formula is C80H153F3N22O31. The number of hydrogen-bond donors (Lipinski definition) is 35. The van der Waals surface area contributed by atoms with E-state index in [4.69, 9.17) is 149 Å². The first kappa shape index (κ1) is 116. The molecule has 0 aromatic heterocycles. The molecule has 53 nitrogen and oxygen atoms in total. The van der Waals surface area contributed by atoms with E-state index in [1.165, 1.54) is 0 Å². The summed E-state index contributed by atoms with van der Waals surface area (Å²) in [5.74, 6) is -5.12. The van der Waals surface area contributed by atoms with Crippen LogP contribution < -0.4 is 108 Å². The summed E-state index contributed by atoms with van der Waals surface area (Å²) in [7, 11) is 0. The number of alkyl halides is 3. The van der Waals surface area contributed by atoms with E-state index in [2.05, 4.69) is 30.9 Å². The molecule has 0 spiro atoms. The summed E-state index contributed by atoms with van der Waals surface area (Å²) < 4.78 is 119. The van der Waals surface area contributed by atoms with Crippen LogP contribution in [0.2, 0.25) is 0 Å². The number of carbonyl (C=O) groups is 3. The lowest BCUT2D eigenvalue weighted by Crippen LogP contribution is -2.67. The molecule has 7 heterocycles. The number of Topliss-reactive ketones (excluding diaryl/α,β-unsaturated/α-hetero) is 3. The summed E-state index contributed by atoms with van der Waals surface area (Å²) >= 11 is 0. The summed E-state index contributed by atoms with van der Waals surface area (Å²) in [4.78, 5) is 50.6. The molecule has 136 heavy (non-hydrogen) atoms. The lowest BCUT2D eigenvalue weighted by atomic mass is 9.77. The first-order chi connectivity index (χ1) is 64.5. The Labute approximate surface area is 783 Å². The van der Waals surface area contributed by atoms with E-state index in [-0.39, 0.29) is 121 Å². The molecule has 0 amide bonds. The number of carbonyl (C=O) groups excluding carboxylic acids is 3. The number of aliphatic hydroxyl groups is 16. The highest BCUT2D eigenvalue weighted by molar-refractivity contribution is 5.84. The Hall–Kier alpha value is -5.03. The van der Waals surface area contributed by atoms with Crippen LogP contribution in [0.15, 0.2) is 15.0 Å². The molecule has 10 rings (SSSR count). The molecule has 10 fully saturated rings. The van der Waals surface area contributed by atoms with Crippen molar-refractivity contribution in [3.63, 3.8) is 0 Å². The van der Waals surface area contributed by atoms with Gasteiger partial charge in [-0.3, -0.25) is 24.4 Å². The lowest BCUT2D eigenvalue weighted by Gasteiger charge is -2.48. The van der Waals surface area contributed by atoms with Gasteiger partial charge in [-0.1, -0.05) is 0 Å². The third-order valence-corrected chi connectivity index (χ3v) is 26.3. The summed E-state index contributed by atoms with van der Waals surface area (Å²) in [5.41, 5.74) is 93.5. The number of piperidine rings is 1. The molecule has 51 N–H and O–H groups in total. The smallest absolute Gasteiger partial charge is 0.188 e. The number of halogens is 3. The van der Waals surface area contributed by atoms with E-state index in [9.17, 15) is 96.1 Å². The SMILES string of the molecule is CCN=C(N)NC1[C@@H](O)C(OC2[C@H](CC(=O)[C@@H](O)CCN)CC(N)[C@@H](O[C@H]3OC(CN)[C@@H](O)CC3N)[C@@H]2F)O[C@H](CO)[C@H]1O.NCC[C@H](O)C(=O)C[C@@H]1CC(N)[C@@H](O[C@H]2OC(CN)[C@@H](O)CC2N)[C@H](F)C1OC1O[C@H](CO)[C@@H](O)C(NC(N)=NC[C@H]2CCCNC2)[C@H]1O.NCC[C@H](O)C(=O)C[C@@H]1CC(N)[C@@H](O[C@H]2OC(CN)[C@@H](O)[C@H](O)C2N)[C@H](F)C1OC1O[C@H](CO)[C@@H](O)C(N=C(N)N)[C@H]1O. The highest BCUT2D eigenvalue weighted by atomic mass is 19.1. The average molecular weight is 1980 g/mol. The predicted octanol–water partition coefficient (Wildman–Crippen LogP) is -17.9. The minimum absolute atomic E-state index is 0.00636. The third-order valence-electron chi connectivity index (χ3n) is 26.3. The average Bonchev–Trinajstić information content (AvgIpc) is 0.773. The van der Waals surface area contributed by atoms with Gasteiger partial charge >= 0.3 is 0 Å². The van der Waals surface area contributed by atoms with Crippen LogP contribution in [0.5, 0.6) is 0 Å². The van der Waals surface area contributed by atoms with Gasteiger partial charge in [0.25, 0.3) is 0 Å². The van der Waals surface area contributed by atoms with Gasteiger partial charge in [0.2, 0.25) is 0 Å². The van der Waals surface area contributed by atoms with Crippen LogP contribution in [0.4, 0.5) is 13.2 Å². The monoisotopic (exact) mass is 1980 g/mol. The fourth-order valence-electron chi connectivity index (χ4n) is 18.6. The second kappa shape index (κ2) is 55.2. The number of ether oxygens (including phenoxy) is 12. The van der Waals surface area contributed by atoms with Crippen LogP contribution in [0.25, 0.3) is 0 Å². The zero-order chi connectivity index (χ0) is 101. The van der Waals surface area contributed by atoms with Gasteiger partial charge in [-0.05, 0) is 128 Å². The Morgan fingerprint density at radius 2 is 0.772 bits per heavy atom. The van der Waals surface area contributed by atoms with E-state index in [1.807, 2.05) is 0 Å². The molecule has 0 bridgehead atoms. The topological polar surface area (TPSA) is 975 Å². The maximum Gasteiger partial charge on any atom is 0.188 e. The minimum Gasteiger partial charge on any atom is -0.394 e. The highest BCUT2D eigenvalue weighted by Gasteiger charge is 2.59. The molecule has 0 aromatic carbocycles. The lowest BCUT2D eigenvalue weighted by molar-refractivity contribution is -0.317. The van der Waals surface area contributed by atoms with Crippen molar-refractivity contribution in [3.05, 3.63) is 0 Å². The Bertz CT molecular complexity index is 3660. The molecule has 10 aliphatic rings.